The zero-order chi connectivity index (χ0) is 22.9. The molecule has 33 heavy (non-hydrogen) atoms. The van der Waals surface area contributed by atoms with Gasteiger partial charge in [0.2, 0.25) is 0 Å². The second-order valence-electron chi connectivity index (χ2n) is 8.51. The molecule has 1 N–H and O–H groups in total. The largest absolute Gasteiger partial charge is 0.381 e. The maximum Gasteiger partial charge on any atom is 0.263 e. The lowest BCUT2D eigenvalue weighted by Crippen LogP contribution is -2.28. The molecule has 5 rings (SSSR count). The zero-order valence-electron chi connectivity index (χ0n) is 19.0. The van der Waals surface area contributed by atoms with Crippen LogP contribution in [0.5, 0.6) is 0 Å². The predicted octanol–water partition coefficient (Wildman–Crippen LogP) is 3.10. The number of nitrogens with one attached hydrogen (secondary N) is 1. The van der Waals surface area contributed by atoms with Gasteiger partial charge in [-0.1, -0.05) is 0 Å². The molecule has 0 bridgehead atoms. The SMILES string of the molecule is CN(C)C(=O)c1cc(Cc2nc(NC3CCOCC3)c3c(ccn3-c3cnn(C)c3)n2)cs1. The molecule has 0 spiro atoms. The molecular weight excluding hydrogens is 438 g/mol. The number of anilines is 1. The summed E-state index contributed by atoms with van der Waals surface area (Å²) in [6.45, 7) is 1.50. The Balaban J connectivity index is 1.51. The first kappa shape index (κ1) is 21.6. The van der Waals surface area contributed by atoms with Gasteiger partial charge in [0, 0.05) is 59.2 Å². The second-order valence-corrected chi connectivity index (χ2v) is 9.42. The first-order valence-corrected chi connectivity index (χ1v) is 11.9. The van der Waals surface area contributed by atoms with E-state index in [-0.39, 0.29) is 5.91 Å². The molecule has 0 aliphatic carbocycles. The summed E-state index contributed by atoms with van der Waals surface area (Å²) in [6, 6.07) is 4.25. The molecule has 9 nitrogen and oxygen atoms in total. The zero-order valence-corrected chi connectivity index (χ0v) is 19.8. The number of aryl methyl sites for hydroxylation is 1. The van der Waals surface area contributed by atoms with Crippen LogP contribution < -0.4 is 5.32 Å². The highest BCUT2D eigenvalue weighted by molar-refractivity contribution is 7.12. The van der Waals surface area contributed by atoms with Crippen molar-refractivity contribution in [2.75, 3.05) is 32.6 Å². The molecular formula is C23H27N7O2S. The number of rotatable bonds is 6. The Kier molecular flexibility index (Phi) is 5.86. The number of amides is 1. The van der Waals surface area contributed by atoms with E-state index in [9.17, 15) is 4.79 Å². The normalized spacial score (nSPS) is 14.6. The topological polar surface area (TPSA) is 90.1 Å². The van der Waals surface area contributed by atoms with Crippen LogP contribution in [0.25, 0.3) is 16.7 Å². The number of carbonyl (C=O) groups excluding carboxylic acids is 1. The van der Waals surface area contributed by atoms with Gasteiger partial charge in [0.25, 0.3) is 5.91 Å². The van der Waals surface area contributed by atoms with Crippen molar-refractivity contribution in [1.82, 2.24) is 29.2 Å². The summed E-state index contributed by atoms with van der Waals surface area (Å²) < 4.78 is 9.39. The van der Waals surface area contributed by atoms with Crippen molar-refractivity contribution in [3.05, 3.63) is 52.4 Å². The summed E-state index contributed by atoms with van der Waals surface area (Å²) in [4.78, 5) is 24.4. The van der Waals surface area contributed by atoms with Crippen molar-refractivity contribution in [2.45, 2.75) is 25.3 Å². The van der Waals surface area contributed by atoms with Crippen LogP contribution in [-0.4, -0.2) is 68.5 Å². The average Bonchev–Trinajstić information content (AvgIpc) is 3.53. The van der Waals surface area contributed by atoms with E-state index >= 15 is 0 Å². The van der Waals surface area contributed by atoms with Crippen LogP contribution in [0.4, 0.5) is 5.82 Å². The summed E-state index contributed by atoms with van der Waals surface area (Å²) in [6.07, 6.45) is 8.26. The molecule has 1 aliphatic rings. The van der Waals surface area contributed by atoms with Crippen molar-refractivity contribution in [2.24, 2.45) is 7.05 Å². The summed E-state index contributed by atoms with van der Waals surface area (Å²) in [5.41, 5.74) is 3.81. The van der Waals surface area contributed by atoms with E-state index in [0.29, 0.717) is 12.5 Å². The van der Waals surface area contributed by atoms with Crippen LogP contribution in [0.3, 0.4) is 0 Å². The van der Waals surface area contributed by atoms with Crippen LogP contribution in [0, 0.1) is 0 Å². The third kappa shape index (κ3) is 4.49. The van der Waals surface area contributed by atoms with Crippen molar-refractivity contribution < 1.29 is 9.53 Å². The molecule has 172 valence electrons. The van der Waals surface area contributed by atoms with E-state index in [4.69, 9.17) is 14.7 Å². The van der Waals surface area contributed by atoms with Gasteiger partial charge < -0.3 is 19.5 Å². The summed E-state index contributed by atoms with van der Waals surface area (Å²) >= 11 is 1.46. The molecule has 0 radical (unpaired) electrons. The Morgan fingerprint density at radius 2 is 2.12 bits per heavy atom. The quantitative estimate of drug-likeness (QED) is 0.471. The van der Waals surface area contributed by atoms with Crippen LogP contribution in [0.15, 0.2) is 36.1 Å². The molecule has 0 aromatic carbocycles. The molecule has 0 atom stereocenters. The first-order chi connectivity index (χ1) is 16.0. The lowest BCUT2D eigenvalue weighted by Gasteiger charge is -2.24. The van der Waals surface area contributed by atoms with E-state index in [0.717, 1.165) is 64.9 Å². The first-order valence-electron chi connectivity index (χ1n) is 11.0. The van der Waals surface area contributed by atoms with Crippen molar-refractivity contribution >= 4 is 34.1 Å². The van der Waals surface area contributed by atoms with E-state index in [1.54, 1.807) is 23.7 Å². The molecule has 5 heterocycles. The molecule has 4 aromatic heterocycles. The Hall–Kier alpha value is -3.24. The Morgan fingerprint density at radius 3 is 2.85 bits per heavy atom. The molecule has 1 fully saturated rings. The average molecular weight is 466 g/mol. The van der Waals surface area contributed by atoms with Crippen LogP contribution in [0.1, 0.15) is 33.9 Å². The number of hydrogen-bond donors (Lipinski definition) is 1. The number of aromatic nitrogens is 5. The summed E-state index contributed by atoms with van der Waals surface area (Å²) in [7, 11) is 5.43. The highest BCUT2D eigenvalue weighted by atomic mass is 32.1. The van der Waals surface area contributed by atoms with Gasteiger partial charge in [-0.3, -0.25) is 9.48 Å². The van der Waals surface area contributed by atoms with Gasteiger partial charge in [0.05, 0.1) is 22.3 Å². The molecule has 0 saturated carbocycles. The highest BCUT2D eigenvalue weighted by Crippen LogP contribution is 2.28. The third-order valence-corrected chi connectivity index (χ3v) is 6.71. The van der Waals surface area contributed by atoms with Crippen molar-refractivity contribution in [3.63, 3.8) is 0 Å². The number of hydrogen-bond acceptors (Lipinski definition) is 7. The van der Waals surface area contributed by atoms with Gasteiger partial charge in [-0.15, -0.1) is 11.3 Å². The molecule has 1 amide bonds. The number of fused-ring (bicyclic) bond motifs is 1. The minimum absolute atomic E-state index is 0.0121. The van der Waals surface area contributed by atoms with Crippen LogP contribution in [0.2, 0.25) is 0 Å². The minimum atomic E-state index is 0.0121. The lowest BCUT2D eigenvalue weighted by molar-refractivity contribution is 0.0832. The number of thiophene rings is 1. The Bertz CT molecular complexity index is 1280. The van der Waals surface area contributed by atoms with Crippen LogP contribution in [-0.2, 0) is 18.2 Å². The smallest absolute Gasteiger partial charge is 0.263 e. The van der Waals surface area contributed by atoms with Gasteiger partial charge in [-0.2, -0.15) is 5.10 Å². The number of ether oxygens (including phenoxy) is 1. The summed E-state index contributed by atoms with van der Waals surface area (Å²) in [5.74, 6) is 1.55. The van der Waals surface area contributed by atoms with Gasteiger partial charge in [-0.05, 0) is 35.9 Å². The highest BCUT2D eigenvalue weighted by Gasteiger charge is 2.20. The molecule has 4 aromatic rings. The van der Waals surface area contributed by atoms with Crippen molar-refractivity contribution in [3.8, 4) is 5.69 Å². The Labute approximate surface area is 196 Å². The maximum atomic E-state index is 12.3. The fourth-order valence-corrected chi connectivity index (χ4v) is 4.97. The molecule has 1 saturated heterocycles. The molecule has 10 heteroatoms. The fourth-order valence-electron chi connectivity index (χ4n) is 4.04. The monoisotopic (exact) mass is 465 g/mol. The van der Waals surface area contributed by atoms with E-state index in [1.807, 2.05) is 43.2 Å². The predicted molar refractivity (Wildman–Crippen MR) is 128 cm³/mol. The van der Waals surface area contributed by atoms with E-state index in [2.05, 4.69) is 15.0 Å². The lowest BCUT2D eigenvalue weighted by atomic mass is 10.1. The number of carbonyl (C=O) groups is 1. The Morgan fingerprint density at radius 1 is 1.30 bits per heavy atom. The van der Waals surface area contributed by atoms with Gasteiger partial charge in [-0.25, -0.2) is 9.97 Å². The van der Waals surface area contributed by atoms with Crippen molar-refractivity contribution in [1.29, 1.82) is 0 Å². The molecule has 1 aliphatic heterocycles. The van der Waals surface area contributed by atoms with Gasteiger partial charge >= 0.3 is 0 Å². The molecule has 0 unspecified atom stereocenters. The minimum Gasteiger partial charge on any atom is -0.381 e. The third-order valence-electron chi connectivity index (χ3n) is 5.74. The van der Waals surface area contributed by atoms with Gasteiger partial charge in [0.15, 0.2) is 5.82 Å². The fraction of sp³-hybridized carbons (Fsp3) is 0.391. The standard InChI is InChI=1S/C23H27N7O2S/c1-28(2)23(31)19-10-15(14-33-19)11-20-26-18-4-7-30(17-12-24-29(3)13-17)21(18)22(27-20)25-16-5-8-32-9-6-16/h4,7,10,12-14,16H,5-6,8-9,11H2,1-3H3,(H,25,26,27). The number of nitrogens with zero attached hydrogens (tertiary/aromatic N) is 6. The van der Waals surface area contributed by atoms with E-state index < -0.39 is 0 Å². The second kappa shape index (κ2) is 8.95. The summed E-state index contributed by atoms with van der Waals surface area (Å²) in [5, 5.41) is 9.98. The van der Waals surface area contributed by atoms with Gasteiger partial charge in [0.1, 0.15) is 11.3 Å². The van der Waals surface area contributed by atoms with Crippen LogP contribution >= 0.6 is 11.3 Å². The van der Waals surface area contributed by atoms with E-state index in [1.165, 1.54) is 11.3 Å². The maximum absolute atomic E-state index is 12.3.